The highest BCUT2D eigenvalue weighted by Crippen LogP contribution is 2.29. The van der Waals surface area contributed by atoms with Crippen LogP contribution in [0.2, 0.25) is 0 Å². The Morgan fingerprint density at radius 1 is 1.18 bits per heavy atom. The molecule has 2 atom stereocenters. The van der Waals surface area contributed by atoms with Crippen molar-refractivity contribution >= 4 is 5.91 Å². The Morgan fingerprint density at radius 3 is 2.82 bits per heavy atom. The molecular weight excluding hydrogens is 354 g/mol. The zero-order chi connectivity index (χ0) is 19.3. The number of hydrogen-bond acceptors (Lipinski definition) is 4. The Bertz CT molecular complexity index is 816. The minimum Gasteiger partial charge on any atom is -0.496 e. The van der Waals surface area contributed by atoms with E-state index in [4.69, 9.17) is 14.2 Å². The monoisotopic (exact) mass is 381 g/mol. The fraction of sp³-hybridized carbons (Fsp3) is 0.435. The van der Waals surface area contributed by atoms with Crippen LogP contribution in [-0.4, -0.2) is 43.8 Å². The number of nitrogens with zero attached hydrogens (tertiary/aromatic N) is 1. The smallest absolute Gasteiger partial charge is 0.229 e. The van der Waals surface area contributed by atoms with Gasteiger partial charge in [-0.25, -0.2) is 0 Å². The van der Waals surface area contributed by atoms with E-state index in [0.717, 1.165) is 42.1 Å². The average Bonchev–Trinajstić information content (AvgIpc) is 3.26. The Morgan fingerprint density at radius 2 is 2.00 bits per heavy atom. The normalized spacial score (nSPS) is 20.9. The molecule has 2 aliphatic rings. The molecule has 0 spiro atoms. The minimum absolute atomic E-state index is 0.107. The topological polar surface area (TPSA) is 48.0 Å². The zero-order valence-corrected chi connectivity index (χ0v) is 16.3. The number of carbonyl (C=O) groups excluding carboxylic acids is 1. The molecular formula is C23H27NO4. The number of rotatable bonds is 6. The molecule has 5 heteroatoms. The van der Waals surface area contributed by atoms with E-state index in [0.29, 0.717) is 26.1 Å². The molecule has 0 aromatic heterocycles. The van der Waals surface area contributed by atoms with Gasteiger partial charge in [0.2, 0.25) is 5.91 Å². The van der Waals surface area contributed by atoms with Gasteiger partial charge in [-0.05, 0) is 37.0 Å². The number of carbonyl (C=O) groups is 1. The number of fused-ring (bicyclic) bond motifs is 1. The lowest BCUT2D eigenvalue weighted by Crippen LogP contribution is -2.43. The van der Waals surface area contributed by atoms with Gasteiger partial charge >= 0.3 is 0 Å². The van der Waals surface area contributed by atoms with Gasteiger partial charge < -0.3 is 19.1 Å². The number of benzene rings is 2. The van der Waals surface area contributed by atoms with E-state index in [2.05, 4.69) is 0 Å². The Balaban J connectivity index is 1.53. The fourth-order valence-electron chi connectivity index (χ4n) is 4.05. The summed E-state index contributed by atoms with van der Waals surface area (Å²) in [6.45, 7) is 2.32. The van der Waals surface area contributed by atoms with Crippen molar-refractivity contribution in [1.82, 2.24) is 4.90 Å². The SMILES string of the molecule is COc1ccccc1CN(CC1CCCO1)C(=O)C1COc2ccccc2C1. The molecule has 1 saturated heterocycles. The van der Waals surface area contributed by atoms with Crippen LogP contribution in [0, 0.1) is 5.92 Å². The minimum atomic E-state index is -0.175. The van der Waals surface area contributed by atoms with Gasteiger partial charge in [0.05, 0.1) is 19.1 Å². The fourth-order valence-corrected chi connectivity index (χ4v) is 4.05. The third-order valence-corrected chi connectivity index (χ3v) is 5.54. The molecule has 2 aliphatic heterocycles. The highest BCUT2D eigenvalue weighted by Gasteiger charge is 2.32. The van der Waals surface area contributed by atoms with E-state index >= 15 is 0 Å². The highest BCUT2D eigenvalue weighted by molar-refractivity contribution is 5.80. The van der Waals surface area contributed by atoms with Crippen molar-refractivity contribution < 1.29 is 19.0 Å². The molecule has 2 heterocycles. The van der Waals surface area contributed by atoms with Crippen LogP contribution in [-0.2, 0) is 22.5 Å². The van der Waals surface area contributed by atoms with Gasteiger partial charge in [0.1, 0.15) is 18.1 Å². The van der Waals surface area contributed by atoms with Crippen LogP contribution in [0.15, 0.2) is 48.5 Å². The molecule has 2 unspecified atom stereocenters. The molecule has 0 bridgehead atoms. The molecule has 2 aromatic carbocycles. The summed E-state index contributed by atoms with van der Waals surface area (Å²) in [6, 6.07) is 15.8. The molecule has 5 nitrogen and oxygen atoms in total. The molecule has 28 heavy (non-hydrogen) atoms. The molecule has 148 valence electrons. The van der Waals surface area contributed by atoms with E-state index in [1.54, 1.807) is 7.11 Å². The maximum atomic E-state index is 13.4. The predicted octanol–water partition coefficient (Wildman–Crippen LogP) is 3.45. The quantitative estimate of drug-likeness (QED) is 0.769. The first kappa shape index (κ1) is 18.8. The van der Waals surface area contributed by atoms with Gasteiger partial charge in [-0.2, -0.15) is 0 Å². The number of ether oxygens (including phenoxy) is 3. The lowest BCUT2D eigenvalue weighted by atomic mass is 9.95. The van der Waals surface area contributed by atoms with Gasteiger partial charge in [0, 0.05) is 25.3 Å². The van der Waals surface area contributed by atoms with Crippen LogP contribution in [0.4, 0.5) is 0 Å². The largest absolute Gasteiger partial charge is 0.496 e. The van der Waals surface area contributed by atoms with E-state index in [1.165, 1.54) is 0 Å². The molecule has 2 aromatic rings. The Kier molecular flexibility index (Phi) is 5.81. The van der Waals surface area contributed by atoms with Gasteiger partial charge in [-0.3, -0.25) is 4.79 Å². The van der Waals surface area contributed by atoms with E-state index in [-0.39, 0.29) is 17.9 Å². The summed E-state index contributed by atoms with van der Waals surface area (Å²) in [5.74, 6) is 1.64. The van der Waals surface area contributed by atoms with E-state index in [9.17, 15) is 4.79 Å². The van der Waals surface area contributed by atoms with Crippen molar-refractivity contribution in [1.29, 1.82) is 0 Å². The number of hydrogen-bond donors (Lipinski definition) is 0. The summed E-state index contributed by atoms with van der Waals surface area (Å²) in [4.78, 5) is 15.4. The molecule has 0 radical (unpaired) electrons. The third-order valence-electron chi connectivity index (χ3n) is 5.54. The summed E-state index contributed by atoms with van der Waals surface area (Å²) < 4.78 is 17.2. The molecule has 1 amide bonds. The second-order valence-corrected chi connectivity index (χ2v) is 7.49. The maximum Gasteiger partial charge on any atom is 0.229 e. The Labute approximate surface area is 166 Å². The van der Waals surface area contributed by atoms with Crippen molar-refractivity contribution in [3.63, 3.8) is 0 Å². The molecule has 0 aliphatic carbocycles. The molecule has 1 fully saturated rings. The first-order chi connectivity index (χ1) is 13.7. The van der Waals surface area contributed by atoms with Crippen LogP contribution < -0.4 is 9.47 Å². The summed E-state index contributed by atoms with van der Waals surface area (Å²) in [5, 5.41) is 0. The van der Waals surface area contributed by atoms with Crippen molar-refractivity contribution in [2.24, 2.45) is 5.92 Å². The van der Waals surface area contributed by atoms with Crippen LogP contribution in [0.5, 0.6) is 11.5 Å². The number of methoxy groups -OCH3 is 1. The Hall–Kier alpha value is -2.53. The van der Waals surface area contributed by atoms with Gasteiger partial charge in [-0.15, -0.1) is 0 Å². The lowest BCUT2D eigenvalue weighted by Gasteiger charge is -2.32. The van der Waals surface area contributed by atoms with Crippen LogP contribution in [0.3, 0.4) is 0 Å². The number of amides is 1. The second-order valence-electron chi connectivity index (χ2n) is 7.49. The van der Waals surface area contributed by atoms with Crippen molar-refractivity contribution in [2.45, 2.75) is 31.9 Å². The van der Waals surface area contributed by atoms with Crippen molar-refractivity contribution in [3.8, 4) is 11.5 Å². The summed E-state index contributed by atoms with van der Waals surface area (Å²) >= 11 is 0. The maximum absolute atomic E-state index is 13.4. The van der Waals surface area contributed by atoms with Crippen molar-refractivity contribution in [2.75, 3.05) is 26.9 Å². The van der Waals surface area contributed by atoms with Gasteiger partial charge in [0.25, 0.3) is 0 Å². The second kappa shape index (κ2) is 8.65. The molecule has 0 saturated carbocycles. The van der Waals surface area contributed by atoms with Crippen LogP contribution >= 0.6 is 0 Å². The van der Waals surface area contributed by atoms with Crippen LogP contribution in [0.25, 0.3) is 0 Å². The zero-order valence-electron chi connectivity index (χ0n) is 16.3. The summed E-state index contributed by atoms with van der Waals surface area (Å²) in [6.07, 6.45) is 2.87. The highest BCUT2D eigenvalue weighted by atomic mass is 16.5. The van der Waals surface area contributed by atoms with E-state index < -0.39 is 0 Å². The summed E-state index contributed by atoms with van der Waals surface area (Å²) in [7, 11) is 1.66. The average molecular weight is 381 g/mol. The number of para-hydroxylation sites is 2. The van der Waals surface area contributed by atoms with E-state index in [1.807, 2.05) is 53.4 Å². The lowest BCUT2D eigenvalue weighted by molar-refractivity contribution is -0.139. The van der Waals surface area contributed by atoms with Gasteiger partial charge in [0.15, 0.2) is 0 Å². The van der Waals surface area contributed by atoms with Gasteiger partial charge in [-0.1, -0.05) is 36.4 Å². The molecule has 0 N–H and O–H groups in total. The van der Waals surface area contributed by atoms with Crippen molar-refractivity contribution in [3.05, 3.63) is 59.7 Å². The van der Waals surface area contributed by atoms with Crippen LogP contribution in [0.1, 0.15) is 24.0 Å². The summed E-state index contributed by atoms with van der Waals surface area (Å²) in [5.41, 5.74) is 2.11. The third kappa shape index (κ3) is 4.14. The predicted molar refractivity (Wildman–Crippen MR) is 107 cm³/mol. The first-order valence-corrected chi connectivity index (χ1v) is 9.97. The standard InChI is InChI=1S/C23H27NO4/c1-26-21-10-4-3-8-18(21)14-24(15-20-9-6-12-27-20)23(25)19-13-17-7-2-5-11-22(17)28-16-19/h2-5,7-8,10-11,19-20H,6,9,12-16H2,1H3. The first-order valence-electron chi connectivity index (χ1n) is 9.97. The molecule has 4 rings (SSSR count).